The summed E-state index contributed by atoms with van der Waals surface area (Å²) >= 11 is 0. The van der Waals surface area contributed by atoms with Crippen LogP contribution in [0, 0.1) is 24.5 Å². The summed E-state index contributed by atoms with van der Waals surface area (Å²) in [6.07, 6.45) is 7.74. The normalized spacial score (nSPS) is 15.5. The number of hydrogen-bond acceptors (Lipinski definition) is 6. The van der Waals surface area contributed by atoms with Crippen LogP contribution in [-0.4, -0.2) is 29.6 Å². The van der Waals surface area contributed by atoms with Gasteiger partial charge in [0.15, 0.2) is 11.6 Å². The Morgan fingerprint density at radius 2 is 1.78 bits per heavy atom. The molecule has 0 radical (unpaired) electrons. The summed E-state index contributed by atoms with van der Waals surface area (Å²) in [5.74, 6) is 0.341. The summed E-state index contributed by atoms with van der Waals surface area (Å²) in [5.41, 5.74) is 1.88. The van der Waals surface area contributed by atoms with Gasteiger partial charge in [-0.1, -0.05) is 25.3 Å². The summed E-state index contributed by atoms with van der Waals surface area (Å²) in [5, 5.41) is 13.7. The zero-order valence-corrected chi connectivity index (χ0v) is 20.7. The average molecular weight is 493 g/mol. The van der Waals surface area contributed by atoms with E-state index in [1.54, 1.807) is 18.3 Å². The van der Waals surface area contributed by atoms with E-state index >= 15 is 0 Å². The van der Waals surface area contributed by atoms with Crippen molar-refractivity contribution in [2.45, 2.75) is 65.0 Å². The zero-order chi connectivity index (χ0) is 25.4. The molecule has 0 saturated heterocycles. The number of halogens is 2. The molecule has 0 spiro atoms. The van der Waals surface area contributed by atoms with Crippen LogP contribution in [0.5, 0.6) is 0 Å². The van der Waals surface area contributed by atoms with Crippen molar-refractivity contribution in [1.82, 2.24) is 24.5 Å². The number of fused-ring (bicyclic) bond motifs is 1. The van der Waals surface area contributed by atoms with Crippen LogP contribution in [0.25, 0.3) is 22.3 Å². The SMILES string of the molecule is Cc1nc2c(F)cc(-c3nc(Nc4ccc(C(O)C5CCCCC5)cn4)ncc3F)cc2n1C(C)C. The maximum absolute atomic E-state index is 14.9. The van der Waals surface area contributed by atoms with E-state index in [0.29, 0.717) is 22.7 Å². The molecule has 0 aliphatic heterocycles. The van der Waals surface area contributed by atoms with Crippen molar-refractivity contribution >= 4 is 22.8 Å². The van der Waals surface area contributed by atoms with Crippen molar-refractivity contribution < 1.29 is 13.9 Å². The highest BCUT2D eigenvalue weighted by Gasteiger charge is 2.23. The first-order valence-electron chi connectivity index (χ1n) is 12.4. The predicted molar refractivity (Wildman–Crippen MR) is 135 cm³/mol. The third kappa shape index (κ3) is 4.67. The lowest BCUT2D eigenvalue weighted by molar-refractivity contribution is 0.0846. The lowest BCUT2D eigenvalue weighted by Crippen LogP contribution is -2.16. The maximum Gasteiger partial charge on any atom is 0.229 e. The molecule has 1 aliphatic carbocycles. The molecular formula is C27H30F2N6O. The molecule has 1 aliphatic rings. The molecule has 7 nitrogen and oxygen atoms in total. The summed E-state index contributed by atoms with van der Waals surface area (Å²) in [6, 6.07) is 6.57. The van der Waals surface area contributed by atoms with Crippen LogP contribution in [0.3, 0.4) is 0 Å². The highest BCUT2D eigenvalue weighted by Crippen LogP contribution is 2.34. The summed E-state index contributed by atoms with van der Waals surface area (Å²) < 4.78 is 31.6. The Balaban J connectivity index is 1.41. The summed E-state index contributed by atoms with van der Waals surface area (Å²) in [6.45, 7) is 5.79. The van der Waals surface area contributed by atoms with Gasteiger partial charge in [-0.3, -0.25) is 0 Å². The van der Waals surface area contributed by atoms with Crippen molar-refractivity contribution in [3.8, 4) is 11.3 Å². The molecule has 4 aromatic rings. The Labute approximate surface area is 208 Å². The molecule has 3 heterocycles. The smallest absolute Gasteiger partial charge is 0.229 e. The first kappa shape index (κ1) is 24.2. The van der Waals surface area contributed by atoms with Gasteiger partial charge in [0.1, 0.15) is 22.9 Å². The second-order valence-corrected chi connectivity index (χ2v) is 9.78. The van der Waals surface area contributed by atoms with Crippen molar-refractivity contribution in [3.05, 3.63) is 59.7 Å². The van der Waals surface area contributed by atoms with E-state index in [1.165, 1.54) is 12.5 Å². The van der Waals surface area contributed by atoms with E-state index in [-0.39, 0.29) is 29.1 Å². The third-order valence-electron chi connectivity index (χ3n) is 6.92. The summed E-state index contributed by atoms with van der Waals surface area (Å²) in [4.78, 5) is 17.1. The Morgan fingerprint density at radius 1 is 1.00 bits per heavy atom. The standard InChI is InChI=1S/C27H30F2N6O/c1-15(2)35-16(3)32-25-20(28)11-19(12-22(25)35)24-21(29)14-31-27(34-24)33-23-10-9-18(13-30-23)26(36)17-7-5-4-6-8-17/h9-15,17,26,36H,4-8H2,1-3H3,(H,30,31,33,34). The minimum atomic E-state index is -0.662. The highest BCUT2D eigenvalue weighted by atomic mass is 19.1. The van der Waals surface area contributed by atoms with Crippen LogP contribution in [0.2, 0.25) is 0 Å². The molecule has 3 aromatic heterocycles. The van der Waals surface area contributed by atoms with Gasteiger partial charge in [-0.05, 0) is 63.3 Å². The molecule has 2 N–H and O–H groups in total. The molecule has 9 heteroatoms. The molecule has 1 saturated carbocycles. The number of aliphatic hydroxyl groups is 1. The van der Waals surface area contributed by atoms with E-state index in [9.17, 15) is 13.9 Å². The van der Waals surface area contributed by atoms with E-state index in [0.717, 1.165) is 37.4 Å². The molecule has 1 unspecified atom stereocenters. The van der Waals surface area contributed by atoms with Crippen LogP contribution >= 0.6 is 0 Å². The molecular weight excluding hydrogens is 462 g/mol. The second kappa shape index (κ2) is 9.89. The zero-order valence-electron chi connectivity index (χ0n) is 20.7. The first-order valence-corrected chi connectivity index (χ1v) is 12.4. The fourth-order valence-corrected chi connectivity index (χ4v) is 5.18. The quantitative estimate of drug-likeness (QED) is 0.323. The topological polar surface area (TPSA) is 88.8 Å². The maximum atomic E-state index is 14.9. The van der Waals surface area contributed by atoms with Crippen LogP contribution < -0.4 is 5.32 Å². The molecule has 1 fully saturated rings. The van der Waals surface area contributed by atoms with E-state index < -0.39 is 17.7 Å². The Morgan fingerprint density at radius 3 is 2.47 bits per heavy atom. The van der Waals surface area contributed by atoms with Crippen LogP contribution in [0.15, 0.2) is 36.7 Å². The fourth-order valence-electron chi connectivity index (χ4n) is 5.18. The number of anilines is 2. The minimum Gasteiger partial charge on any atom is -0.388 e. The van der Waals surface area contributed by atoms with Gasteiger partial charge in [-0.15, -0.1) is 0 Å². The number of nitrogens with one attached hydrogen (secondary N) is 1. The van der Waals surface area contributed by atoms with Gasteiger partial charge < -0.3 is 15.0 Å². The van der Waals surface area contributed by atoms with Crippen molar-refractivity contribution in [3.63, 3.8) is 0 Å². The number of aromatic nitrogens is 5. The Bertz CT molecular complexity index is 1380. The van der Waals surface area contributed by atoms with Gasteiger partial charge >= 0.3 is 0 Å². The summed E-state index contributed by atoms with van der Waals surface area (Å²) in [7, 11) is 0. The van der Waals surface area contributed by atoms with Crippen LogP contribution in [-0.2, 0) is 0 Å². The Kier molecular flexibility index (Phi) is 6.66. The number of hydrogen-bond donors (Lipinski definition) is 2. The van der Waals surface area contributed by atoms with Gasteiger partial charge in [0.25, 0.3) is 0 Å². The average Bonchev–Trinajstić information content (AvgIpc) is 3.22. The van der Waals surface area contributed by atoms with Gasteiger partial charge in [-0.25, -0.2) is 28.7 Å². The van der Waals surface area contributed by atoms with Crippen molar-refractivity contribution in [2.24, 2.45) is 5.92 Å². The fraction of sp³-hybridized carbons (Fsp3) is 0.407. The van der Waals surface area contributed by atoms with E-state index in [4.69, 9.17) is 0 Å². The molecule has 5 rings (SSSR count). The predicted octanol–water partition coefficient (Wildman–Crippen LogP) is 6.41. The Hall–Kier alpha value is -3.46. The van der Waals surface area contributed by atoms with Gasteiger partial charge in [0.2, 0.25) is 5.95 Å². The lowest BCUT2D eigenvalue weighted by atomic mass is 9.83. The van der Waals surface area contributed by atoms with Gasteiger partial charge in [0, 0.05) is 17.8 Å². The molecule has 1 atom stereocenters. The van der Waals surface area contributed by atoms with Crippen molar-refractivity contribution in [2.75, 3.05) is 5.32 Å². The van der Waals surface area contributed by atoms with Crippen LogP contribution in [0.4, 0.5) is 20.5 Å². The minimum absolute atomic E-state index is 0.0215. The number of pyridine rings is 1. The van der Waals surface area contributed by atoms with Gasteiger partial charge in [-0.2, -0.15) is 0 Å². The second-order valence-electron chi connectivity index (χ2n) is 9.78. The highest BCUT2D eigenvalue weighted by molar-refractivity contribution is 5.83. The monoisotopic (exact) mass is 492 g/mol. The van der Waals surface area contributed by atoms with E-state index in [2.05, 4.69) is 25.3 Å². The van der Waals surface area contributed by atoms with Crippen LogP contribution in [0.1, 0.15) is 69.5 Å². The number of nitrogens with zero attached hydrogens (tertiary/aromatic N) is 5. The number of rotatable bonds is 6. The number of imidazole rings is 1. The molecule has 1 aromatic carbocycles. The number of aryl methyl sites for hydroxylation is 1. The molecule has 188 valence electrons. The lowest BCUT2D eigenvalue weighted by Gasteiger charge is -2.26. The molecule has 0 bridgehead atoms. The number of aliphatic hydroxyl groups excluding tert-OH is 1. The molecule has 36 heavy (non-hydrogen) atoms. The van der Waals surface area contributed by atoms with Crippen molar-refractivity contribution in [1.29, 1.82) is 0 Å². The molecule has 0 amide bonds. The first-order chi connectivity index (χ1) is 17.3. The largest absolute Gasteiger partial charge is 0.388 e. The van der Waals surface area contributed by atoms with E-state index in [1.807, 2.05) is 31.4 Å². The third-order valence-corrected chi connectivity index (χ3v) is 6.92. The number of benzene rings is 1. The van der Waals surface area contributed by atoms with Gasteiger partial charge in [0.05, 0.1) is 17.8 Å².